The van der Waals surface area contributed by atoms with Gasteiger partial charge in [0, 0.05) is 159 Å². The van der Waals surface area contributed by atoms with Gasteiger partial charge in [0.1, 0.15) is 22.6 Å². The summed E-state index contributed by atoms with van der Waals surface area (Å²) in [5, 5.41) is 22.5. The van der Waals surface area contributed by atoms with Crippen LogP contribution in [0.5, 0.6) is 0 Å². The lowest BCUT2D eigenvalue weighted by Crippen LogP contribution is -2.43. The fourth-order valence-corrected chi connectivity index (χ4v) is 18.0. The van der Waals surface area contributed by atoms with Crippen molar-refractivity contribution in [3.05, 3.63) is 300 Å². The molecule has 4 atom stereocenters. The number of fused-ring (bicyclic) bond motifs is 4. The summed E-state index contributed by atoms with van der Waals surface area (Å²) in [6.45, 7) is 4.49. The molecule has 0 bridgehead atoms. The number of aromatic amines is 4. The molecule has 0 saturated carbocycles. The predicted octanol–water partition coefficient (Wildman–Crippen LogP) is 23.0. The van der Waals surface area contributed by atoms with E-state index in [4.69, 9.17) is 28.6 Å². The number of nitrogens with one attached hydrogen (secondary N) is 5. The second kappa shape index (κ2) is 37.7. The van der Waals surface area contributed by atoms with Gasteiger partial charge in [-0.15, -0.1) is 0 Å². The maximum absolute atomic E-state index is 14.5. The molecule has 4 aliphatic carbocycles. The van der Waals surface area contributed by atoms with Gasteiger partial charge < -0.3 is 58.7 Å². The van der Waals surface area contributed by atoms with Crippen LogP contribution in [-0.2, 0) is 11.3 Å². The minimum absolute atomic E-state index is 0.101. The second-order valence-electron chi connectivity index (χ2n) is 33.2. The highest BCUT2D eigenvalue weighted by molar-refractivity contribution is 6.01. The molecule has 21 nitrogen and oxygen atoms in total. The highest BCUT2D eigenvalue weighted by atomic mass is 19.2. The van der Waals surface area contributed by atoms with Crippen LogP contribution in [0, 0.1) is 46.5 Å². The number of rotatable bonds is 17. The first-order valence-electron chi connectivity index (χ1n) is 43.3. The topological polar surface area (TPSA) is 273 Å². The third-order valence-electron chi connectivity index (χ3n) is 25.2. The van der Waals surface area contributed by atoms with Gasteiger partial charge >= 0.3 is 0 Å². The SMILES string of the molecule is CN(C)C1CC=C(c2cnc3[nH]cc(-c4oncc4-c4cccc(F)c4F)c3c2)CC1.Fc1cccc(-c2cnoc2-c2c[nH]c3ncc(C4=CCC(N5CCOCC5)CC4)cc23)c1F.Fc1cccc(-c2cnoc2-c2c[nH]c3ncc(C4=CCC(NCc5ccccc5)CC4)cc23)c1F.NC1CC=C(c2cnc3[nH]cc(-c4oncc4-c4cccc(F)c4F)c3c2)CC1. The molecular formula is C101H88F8N16O5. The summed E-state index contributed by atoms with van der Waals surface area (Å²) in [5.41, 5.74) is 24.0. The lowest BCUT2D eigenvalue weighted by molar-refractivity contribution is 0.0150. The molecule has 5 aromatic carbocycles. The highest BCUT2D eigenvalue weighted by Gasteiger charge is 2.31. The Morgan fingerprint density at radius 2 is 0.738 bits per heavy atom. The fourth-order valence-electron chi connectivity index (χ4n) is 18.0. The lowest BCUT2D eigenvalue weighted by Gasteiger charge is -2.36. The van der Waals surface area contributed by atoms with E-state index in [2.05, 4.69) is 156 Å². The summed E-state index contributed by atoms with van der Waals surface area (Å²) < 4.78 is 140. The number of aromatic nitrogens is 12. The fraction of sp³-hybridized carbons (Fsp3) is 0.228. The first kappa shape index (κ1) is 85.3. The molecule has 0 amide bonds. The van der Waals surface area contributed by atoms with E-state index < -0.39 is 46.5 Å². The van der Waals surface area contributed by atoms with Gasteiger partial charge in [-0.3, -0.25) is 4.90 Å². The number of hydrogen-bond acceptors (Lipinski definition) is 17. The average molecular weight is 1760 g/mol. The Morgan fingerprint density at radius 3 is 1.07 bits per heavy atom. The molecule has 17 aromatic rings. The number of benzene rings is 5. The van der Waals surface area contributed by atoms with E-state index in [1.165, 1.54) is 101 Å². The molecule has 130 heavy (non-hydrogen) atoms. The van der Waals surface area contributed by atoms with Crippen molar-refractivity contribution in [2.45, 2.75) is 108 Å². The Bertz CT molecular complexity index is 7130. The van der Waals surface area contributed by atoms with Crippen LogP contribution in [0.1, 0.15) is 105 Å². The number of pyridine rings is 4. The van der Waals surface area contributed by atoms with E-state index in [-0.39, 0.29) is 28.3 Å². The third-order valence-corrected chi connectivity index (χ3v) is 25.2. The number of hydrogen-bond donors (Lipinski definition) is 6. The van der Waals surface area contributed by atoms with Gasteiger partial charge in [-0.1, -0.05) is 124 Å². The molecular weight excluding hydrogens is 1670 g/mol. The Labute approximate surface area is 740 Å². The normalized spacial score (nSPS) is 17.3. The number of nitrogens with two attached hydrogens (primary N) is 1. The van der Waals surface area contributed by atoms with Gasteiger partial charge in [0.25, 0.3) is 0 Å². The molecule has 0 spiro atoms. The summed E-state index contributed by atoms with van der Waals surface area (Å²) >= 11 is 0. The molecule has 0 radical (unpaired) electrons. The zero-order chi connectivity index (χ0) is 89.0. The zero-order valence-corrected chi connectivity index (χ0v) is 70.8. The number of ether oxygens (including phenoxy) is 1. The molecule has 4 unspecified atom stereocenters. The zero-order valence-electron chi connectivity index (χ0n) is 70.8. The van der Waals surface area contributed by atoms with E-state index in [0.29, 0.717) is 108 Å². The van der Waals surface area contributed by atoms with Crippen LogP contribution in [0.4, 0.5) is 35.1 Å². The molecule has 22 rings (SSSR count). The van der Waals surface area contributed by atoms with Gasteiger partial charge in [-0.25, -0.2) is 55.1 Å². The van der Waals surface area contributed by atoms with Gasteiger partial charge in [0.2, 0.25) is 0 Å². The quantitative estimate of drug-likeness (QED) is 0.0462. The standard InChI is InChI=1S/C29H24F2N4O.C26H24F2N4O2.C24H22F2N4O.C22H18F2N4O/c30-26-8-4-7-22(27(26)31)25-17-35-36-28(25)24-16-34-29-23(24)13-20(15-33-29)19-9-11-21(12-10-19)32-14-18-5-2-1-3-6-18;27-23-3-1-2-19(24(23)28)22-15-31-34-25(22)21-14-30-26-20(21)12-17(13-29-26)16-4-6-18(7-5-16)32-8-10-33-11-9-32;1-30(2)16-8-6-14(7-9-16)15-10-18-19(12-28-24(18)27-11-15)23-20(13-29-31-23)17-4-3-5-21(25)22(17)26;23-19-3-1-2-15(20(19)24)18-11-28-29-21(18)17-10-27-22-16(17)8-13(9-26-22)12-4-6-14(25)7-5-12/h1-9,13,15-17,21,32H,10-12,14H2,(H,33,34);1-4,12-15,18H,5-11H2,(H,29,30);3-6,10-13,16H,7-9H2,1-2H3,(H,27,28);1-4,8-11,14H,5-7,25H2,(H,26,27). The Balaban J connectivity index is 0.000000113. The minimum atomic E-state index is -0.931. The van der Waals surface area contributed by atoms with Crippen molar-refractivity contribution in [1.29, 1.82) is 0 Å². The number of nitrogens with zero attached hydrogens (tertiary/aromatic N) is 10. The van der Waals surface area contributed by atoms with Gasteiger partial charge in [-0.2, -0.15) is 0 Å². The summed E-state index contributed by atoms with van der Waals surface area (Å²) in [4.78, 5) is 35.7. The first-order valence-corrected chi connectivity index (χ1v) is 43.3. The maximum atomic E-state index is 14.5. The molecule has 5 aliphatic rings. The van der Waals surface area contributed by atoms with E-state index in [1.807, 2.05) is 36.9 Å². The van der Waals surface area contributed by atoms with Crippen LogP contribution in [0.25, 0.3) is 156 Å². The molecule has 7 N–H and O–H groups in total. The van der Waals surface area contributed by atoms with Crippen molar-refractivity contribution in [2.75, 3.05) is 40.4 Å². The molecule has 1 aliphatic heterocycles. The molecule has 29 heteroatoms. The van der Waals surface area contributed by atoms with E-state index in [9.17, 15) is 35.1 Å². The predicted molar refractivity (Wildman–Crippen MR) is 484 cm³/mol. The van der Waals surface area contributed by atoms with Crippen LogP contribution in [0.2, 0.25) is 0 Å². The van der Waals surface area contributed by atoms with Crippen molar-refractivity contribution in [1.82, 2.24) is 75.6 Å². The van der Waals surface area contributed by atoms with Crippen LogP contribution in [0.3, 0.4) is 0 Å². The lowest BCUT2D eigenvalue weighted by atomic mass is 9.90. The van der Waals surface area contributed by atoms with Crippen molar-refractivity contribution >= 4 is 66.4 Å². The third kappa shape index (κ3) is 17.6. The van der Waals surface area contributed by atoms with E-state index in [0.717, 1.165) is 178 Å². The Kier molecular flexibility index (Phi) is 24.7. The van der Waals surface area contributed by atoms with Gasteiger partial charge in [0.15, 0.2) is 69.6 Å². The Hall–Kier alpha value is -14.1. The van der Waals surface area contributed by atoms with Crippen molar-refractivity contribution < 1.29 is 58.0 Å². The molecule has 12 aromatic heterocycles. The van der Waals surface area contributed by atoms with E-state index >= 15 is 0 Å². The van der Waals surface area contributed by atoms with Crippen LogP contribution in [0.15, 0.2) is 244 Å². The summed E-state index contributed by atoms with van der Waals surface area (Å²) in [7, 11) is 4.22. The molecule has 1 saturated heterocycles. The van der Waals surface area contributed by atoms with Gasteiger partial charge in [0.05, 0.1) is 60.3 Å². The first-order chi connectivity index (χ1) is 63.5. The van der Waals surface area contributed by atoms with Crippen molar-refractivity contribution in [3.8, 4) is 89.8 Å². The Morgan fingerprint density at radius 1 is 0.385 bits per heavy atom. The molecule has 13 heterocycles. The van der Waals surface area contributed by atoms with Crippen LogP contribution >= 0.6 is 0 Å². The number of morpholine rings is 1. The van der Waals surface area contributed by atoms with Crippen molar-refractivity contribution in [3.63, 3.8) is 0 Å². The number of halogens is 8. The number of H-pyrrole nitrogens is 4. The number of allylic oxidation sites excluding steroid dienone is 4. The summed E-state index contributed by atoms with van der Waals surface area (Å²) in [6.07, 6.45) is 41.0. The minimum Gasteiger partial charge on any atom is -0.379 e. The maximum Gasteiger partial charge on any atom is 0.176 e. The smallest absolute Gasteiger partial charge is 0.176 e. The van der Waals surface area contributed by atoms with Gasteiger partial charge in [-0.05, 0) is 190 Å². The molecule has 658 valence electrons. The highest BCUT2D eigenvalue weighted by Crippen LogP contribution is 2.45. The van der Waals surface area contributed by atoms with E-state index in [1.54, 1.807) is 24.8 Å². The summed E-state index contributed by atoms with van der Waals surface area (Å²) in [5.74, 6) is -5.88. The monoisotopic (exact) mass is 1760 g/mol. The molecule has 1 fully saturated rings. The second-order valence-corrected chi connectivity index (χ2v) is 33.2. The van der Waals surface area contributed by atoms with Crippen LogP contribution < -0.4 is 11.1 Å². The average Bonchev–Trinajstić information content (AvgIpc) is 1.63. The largest absolute Gasteiger partial charge is 0.379 e. The van der Waals surface area contributed by atoms with Crippen molar-refractivity contribution in [2.24, 2.45) is 5.73 Å². The van der Waals surface area contributed by atoms with Crippen LogP contribution in [-0.4, -0.2) is 135 Å². The summed E-state index contributed by atoms with van der Waals surface area (Å²) in [6, 6.07) is 36.7.